The molecule has 2 aromatic heterocycles. The maximum absolute atomic E-state index is 2.42. The lowest BCUT2D eigenvalue weighted by atomic mass is 10.1. The quantitative estimate of drug-likeness (QED) is 0.0758. The molecule has 0 amide bonds. The van der Waals surface area contributed by atoms with Crippen LogP contribution in [-0.4, -0.2) is 22.2 Å². The Morgan fingerprint density at radius 1 is 0.185 bits per heavy atom. The highest BCUT2D eigenvalue weighted by Gasteiger charge is 2.16. The standard InChI is InChI=1S/C21H21N.C20H17N.C20H19N.C15H15N.C15H17N.C14H15N.12C2H6/c1-2-9-18-14-16-21(17-15-18)22(19-10-5-3-6-11-19)20-12-7-4-8-13-20;1-2-15-11-13-16(14-12-15)21-19-9-5-3-7-17(19)18-8-4-6-10-20(18)21;1-2-17-13-15-20(16-14-17)21(18-9-5-3-6-10-18)19-11-7-4-8-12-19;1-2-11-16-14-9-5-3-7-12(14)13-8-4-6-10-15(13)16;1-2-13-16(14-9-5-3-6-10-14)15-11-7-4-8-12-15;1-2-15(13-9-5-3-6-10-13)14-11-7-4-8-12-14;12*1-2/h3-8,10-17H,2,9H2,1H3;3-14H,2H2,1H3;3-16H,2H2,1H3;3-10H,2,11H2,1H3;3-12H,2,13H2,1H3;3-12H,2H2,1H3;12*1-2H3. The molecular weight excluding hydrogens is 1630 g/mol. The maximum atomic E-state index is 2.42. The Balaban J connectivity index is 0.00000153. The molecule has 0 atom stereocenters. The third-order valence-corrected chi connectivity index (χ3v) is 19.7. The average molecular weight is 1810 g/mol. The molecule has 0 saturated carbocycles. The summed E-state index contributed by atoms with van der Waals surface area (Å²) in [6.07, 6.45) is 6.77. The number of fused-ring (bicyclic) bond motifs is 6. The summed E-state index contributed by atoms with van der Waals surface area (Å²) in [5, 5.41) is 5.36. The summed E-state index contributed by atoms with van der Waals surface area (Å²) in [4.78, 5) is 9.20. The summed E-state index contributed by atoms with van der Waals surface area (Å²) in [5.41, 5.74) is 22.7. The summed E-state index contributed by atoms with van der Waals surface area (Å²) in [5.74, 6) is 0. The fourth-order valence-corrected chi connectivity index (χ4v) is 14.3. The van der Waals surface area contributed by atoms with Gasteiger partial charge in [0.2, 0.25) is 0 Å². The highest BCUT2D eigenvalue weighted by molar-refractivity contribution is 6.09. The van der Waals surface area contributed by atoms with Gasteiger partial charge in [-0.3, -0.25) is 0 Å². The van der Waals surface area contributed by atoms with Gasteiger partial charge in [0, 0.05) is 115 Å². The van der Waals surface area contributed by atoms with Crippen molar-refractivity contribution in [3.63, 3.8) is 0 Å². The predicted octanol–water partition coefficient (Wildman–Crippen LogP) is 41.8. The lowest BCUT2D eigenvalue weighted by Crippen LogP contribution is -2.17. The summed E-state index contributed by atoms with van der Waals surface area (Å²) in [6, 6.07) is 145. The largest absolute Gasteiger partial charge is 0.342 e. The maximum Gasteiger partial charge on any atom is 0.0541 e. The minimum atomic E-state index is 0.980. The Morgan fingerprint density at radius 2 is 0.400 bits per heavy atom. The number of anilines is 10. The first-order valence-corrected chi connectivity index (χ1v) is 51.7. The van der Waals surface area contributed by atoms with Gasteiger partial charge in [0.05, 0.1) is 11.0 Å². The van der Waals surface area contributed by atoms with E-state index in [1.807, 2.05) is 190 Å². The highest BCUT2D eigenvalue weighted by atomic mass is 15.2. The topological polar surface area (TPSA) is 22.8 Å². The zero-order valence-electron chi connectivity index (χ0n) is 89.3. The van der Waals surface area contributed by atoms with Gasteiger partial charge < -0.3 is 28.7 Å². The number of para-hydroxylation sites is 12. The van der Waals surface area contributed by atoms with Crippen LogP contribution in [0, 0.1) is 0 Å². The monoisotopic (exact) mass is 1810 g/mol. The highest BCUT2D eigenvalue weighted by Crippen LogP contribution is 2.38. The molecule has 6 heteroatoms. The zero-order valence-corrected chi connectivity index (χ0v) is 89.3. The molecular formula is C129H176N6. The molecule has 722 valence electrons. The van der Waals surface area contributed by atoms with Gasteiger partial charge in [-0.1, -0.05) is 462 Å². The van der Waals surface area contributed by atoms with Gasteiger partial charge >= 0.3 is 0 Å². The minimum Gasteiger partial charge on any atom is -0.342 e. The van der Waals surface area contributed by atoms with Crippen LogP contribution in [0.3, 0.4) is 0 Å². The fraction of sp³-hybridized carbons (Fsp3) is 0.302. The molecule has 17 rings (SSSR count). The predicted molar refractivity (Wildman–Crippen MR) is 617 cm³/mol. The van der Waals surface area contributed by atoms with Crippen molar-refractivity contribution in [3.05, 3.63) is 429 Å². The van der Waals surface area contributed by atoms with Crippen molar-refractivity contribution < 1.29 is 0 Å². The lowest BCUT2D eigenvalue weighted by Gasteiger charge is -2.25. The van der Waals surface area contributed by atoms with Crippen LogP contribution in [0.15, 0.2) is 413 Å². The molecule has 0 unspecified atom stereocenters. The number of hydrogen-bond acceptors (Lipinski definition) is 4. The third-order valence-electron chi connectivity index (χ3n) is 19.7. The van der Waals surface area contributed by atoms with Crippen LogP contribution >= 0.6 is 0 Å². The van der Waals surface area contributed by atoms with E-state index in [4.69, 9.17) is 0 Å². The van der Waals surface area contributed by atoms with Gasteiger partial charge in [-0.15, -0.1) is 0 Å². The van der Waals surface area contributed by atoms with Gasteiger partial charge in [0.15, 0.2) is 0 Å². The molecule has 0 N–H and O–H groups in total. The van der Waals surface area contributed by atoms with E-state index in [2.05, 4.69) is 459 Å². The molecule has 6 nitrogen and oxygen atoms in total. The van der Waals surface area contributed by atoms with E-state index < -0.39 is 0 Å². The summed E-state index contributed by atoms with van der Waals surface area (Å²) >= 11 is 0. The van der Waals surface area contributed by atoms with Crippen molar-refractivity contribution in [2.24, 2.45) is 0 Å². The number of hydrogen-bond donors (Lipinski definition) is 0. The molecule has 0 aliphatic heterocycles. The van der Waals surface area contributed by atoms with Crippen molar-refractivity contribution in [2.45, 2.75) is 253 Å². The normalized spacial score (nSPS) is 9.23. The van der Waals surface area contributed by atoms with E-state index in [0.717, 1.165) is 45.3 Å². The van der Waals surface area contributed by atoms with E-state index >= 15 is 0 Å². The molecule has 15 aromatic carbocycles. The summed E-state index contributed by atoms with van der Waals surface area (Å²) in [7, 11) is 0. The first-order chi connectivity index (χ1) is 66.9. The summed E-state index contributed by atoms with van der Waals surface area (Å²) < 4.78 is 4.77. The molecule has 135 heavy (non-hydrogen) atoms. The molecule has 0 bridgehead atoms. The van der Waals surface area contributed by atoms with Crippen molar-refractivity contribution >= 4 is 100 Å². The second-order valence-corrected chi connectivity index (χ2v) is 27.3. The number of aryl methyl sites for hydroxylation is 4. The SMILES string of the molecule is CC.CC.CC.CC.CC.CC.CC.CC.CC.CC.CC.CC.CCCN(c1ccccc1)c1ccccc1.CCCc1ccc(N(c2ccccc2)c2ccccc2)cc1.CCCn1c2ccccc2c2ccccc21.CCN(c1ccccc1)c1ccccc1.CCc1ccc(-n2c3ccccc3c3ccccc32)cc1.CCc1ccc(N(c2ccccc2)c2ccccc2)cc1. The lowest BCUT2D eigenvalue weighted by molar-refractivity contribution is 0.724. The molecule has 0 aliphatic rings. The fourth-order valence-electron chi connectivity index (χ4n) is 14.3. The second kappa shape index (κ2) is 79.6. The van der Waals surface area contributed by atoms with Crippen LogP contribution in [0.5, 0.6) is 0 Å². The van der Waals surface area contributed by atoms with Gasteiger partial charge in [-0.05, 0) is 213 Å². The van der Waals surface area contributed by atoms with Crippen molar-refractivity contribution in [3.8, 4) is 5.69 Å². The number of benzene rings is 15. The Bertz CT molecular complexity index is 5220. The van der Waals surface area contributed by atoms with E-state index in [0.29, 0.717) is 0 Å². The Labute approximate surface area is 824 Å². The molecule has 0 aliphatic carbocycles. The Morgan fingerprint density at radius 3 is 0.644 bits per heavy atom. The molecule has 0 spiro atoms. The van der Waals surface area contributed by atoms with Crippen molar-refractivity contribution in [1.82, 2.24) is 9.13 Å². The molecule has 2 heterocycles. The summed E-state index contributed by atoms with van der Waals surface area (Å²) in [6.45, 7) is 64.3. The minimum absolute atomic E-state index is 0.980. The first kappa shape index (κ1) is 122. The smallest absolute Gasteiger partial charge is 0.0541 e. The Hall–Kier alpha value is -12.9. The molecule has 17 aromatic rings. The molecule has 0 fully saturated rings. The van der Waals surface area contributed by atoms with Crippen LogP contribution < -0.4 is 19.6 Å². The van der Waals surface area contributed by atoms with E-state index in [1.54, 1.807) is 0 Å². The number of nitrogens with zero attached hydrogens (tertiary/aromatic N) is 6. The van der Waals surface area contributed by atoms with E-state index in [-0.39, 0.29) is 0 Å². The van der Waals surface area contributed by atoms with Gasteiger partial charge in [0.25, 0.3) is 0 Å². The van der Waals surface area contributed by atoms with Crippen molar-refractivity contribution in [2.75, 3.05) is 32.7 Å². The van der Waals surface area contributed by atoms with Crippen LogP contribution in [0.1, 0.15) is 244 Å². The number of rotatable bonds is 20. The van der Waals surface area contributed by atoms with Crippen molar-refractivity contribution in [1.29, 1.82) is 0 Å². The average Bonchev–Trinajstić information content (AvgIpc) is 1.60. The van der Waals surface area contributed by atoms with E-state index in [1.165, 1.54) is 136 Å². The number of aromatic nitrogens is 2. The van der Waals surface area contributed by atoms with Crippen LogP contribution in [0.4, 0.5) is 56.9 Å². The van der Waals surface area contributed by atoms with Crippen LogP contribution in [0.25, 0.3) is 49.3 Å². The second-order valence-electron chi connectivity index (χ2n) is 27.3. The van der Waals surface area contributed by atoms with Crippen LogP contribution in [0.2, 0.25) is 0 Å². The van der Waals surface area contributed by atoms with Gasteiger partial charge in [0.1, 0.15) is 0 Å². The van der Waals surface area contributed by atoms with Gasteiger partial charge in [-0.25, -0.2) is 0 Å². The first-order valence-electron chi connectivity index (χ1n) is 51.7. The third kappa shape index (κ3) is 39.7. The molecule has 0 saturated heterocycles. The van der Waals surface area contributed by atoms with E-state index in [9.17, 15) is 0 Å². The van der Waals surface area contributed by atoms with Gasteiger partial charge in [-0.2, -0.15) is 0 Å². The Kier molecular flexibility index (Phi) is 72.0. The zero-order chi connectivity index (χ0) is 101. The molecule has 0 radical (unpaired) electrons. The van der Waals surface area contributed by atoms with Crippen LogP contribution in [-0.2, 0) is 25.8 Å².